The SMILES string of the molecule is CCC[C@@]1(CS(=O)(=O)O)CCC1=O. The number of rotatable bonds is 4. The number of hydrogen-bond acceptors (Lipinski definition) is 3. The van der Waals surface area contributed by atoms with Gasteiger partial charge in [-0.1, -0.05) is 13.3 Å². The molecule has 0 radical (unpaired) electrons. The van der Waals surface area contributed by atoms with E-state index in [9.17, 15) is 13.2 Å². The van der Waals surface area contributed by atoms with Gasteiger partial charge in [-0.15, -0.1) is 0 Å². The Kier molecular flexibility index (Phi) is 2.77. The molecule has 0 unspecified atom stereocenters. The third-order valence-corrected chi connectivity index (χ3v) is 3.53. The standard InChI is InChI=1S/C8H14O4S/c1-2-4-8(5-3-7(8)9)6-13(10,11)12/h2-6H2,1H3,(H,10,11,12)/t8-/m0/s1. The minimum Gasteiger partial charge on any atom is -0.299 e. The van der Waals surface area contributed by atoms with Crippen molar-refractivity contribution in [2.75, 3.05) is 5.75 Å². The van der Waals surface area contributed by atoms with Crippen LogP contribution in [0.4, 0.5) is 0 Å². The lowest BCUT2D eigenvalue weighted by molar-refractivity contribution is -0.137. The van der Waals surface area contributed by atoms with E-state index in [0.29, 0.717) is 19.3 Å². The molecule has 0 heterocycles. The molecule has 1 N–H and O–H groups in total. The number of carbonyl (C=O) groups excluding carboxylic acids is 1. The fourth-order valence-electron chi connectivity index (χ4n) is 1.90. The topological polar surface area (TPSA) is 71.4 Å². The van der Waals surface area contributed by atoms with Crippen LogP contribution >= 0.6 is 0 Å². The van der Waals surface area contributed by atoms with Crippen LogP contribution in [-0.4, -0.2) is 24.5 Å². The van der Waals surface area contributed by atoms with E-state index in [-0.39, 0.29) is 5.78 Å². The van der Waals surface area contributed by atoms with Gasteiger partial charge in [0, 0.05) is 11.8 Å². The highest BCUT2D eigenvalue weighted by Gasteiger charge is 2.47. The first-order valence-electron chi connectivity index (χ1n) is 4.38. The van der Waals surface area contributed by atoms with Crippen LogP contribution in [0.15, 0.2) is 0 Å². The molecular formula is C8H14O4S. The Hall–Kier alpha value is -0.420. The van der Waals surface area contributed by atoms with E-state index in [0.717, 1.165) is 6.42 Å². The average Bonchev–Trinajstić information content (AvgIpc) is 1.99. The van der Waals surface area contributed by atoms with Gasteiger partial charge in [0.1, 0.15) is 5.78 Å². The summed E-state index contributed by atoms with van der Waals surface area (Å²) in [7, 11) is -4.02. The van der Waals surface area contributed by atoms with Crippen molar-refractivity contribution in [3.05, 3.63) is 0 Å². The molecule has 5 heteroatoms. The molecule has 0 spiro atoms. The molecule has 1 saturated carbocycles. The predicted octanol–water partition coefficient (Wildman–Crippen LogP) is 1.02. The smallest absolute Gasteiger partial charge is 0.265 e. The second-order valence-corrected chi connectivity index (χ2v) is 5.13. The Bertz CT molecular complexity index is 306. The van der Waals surface area contributed by atoms with Crippen molar-refractivity contribution in [2.24, 2.45) is 5.41 Å². The third-order valence-electron chi connectivity index (χ3n) is 2.61. The third kappa shape index (κ3) is 2.28. The molecule has 0 aromatic rings. The van der Waals surface area contributed by atoms with E-state index in [4.69, 9.17) is 4.55 Å². The molecule has 1 atom stereocenters. The highest BCUT2D eigenvalue weighted by atomic mass is 32.2. The predicted molar refractivity (Wildman–Crippen MR) is 48.0 cm³/mol. The summed E-state index contributed by atoms with van der Waals surface area (Å²) in [5.74, 6) is -0.417. The summed E-state index contributed by atoms with van der Waals surface area (Å²) in [5, 5.41) is 0. The van der Waals surface area contributed by atoms with Gasteiger partial charge in [0.15, 0.2) is 0 Å². The zero-order valence-electron chi connectivity index (χ0n) is 7.62. The molecular weight excluding hydrogens is 192 g/mol. The summed E-state index contributed by atoms with van der Waals surface area (Å²) in [6.45, 7) is 1.90. The Labute approximate surface area is 78.1 Å². The van der Waals surface area contributed by atoms with E-state index < -0.39 is 21.3 Å². The Morgan fingerprint density at radius 3 is 2.38 bits per heavy atom. The molecule has 0 aromatic carbocycles. The van der Waals surface area contributed by atoms with Crippen molar-refractivity contribution in [3.8, 4) is 0 Å². The molecule has 1 fully saturated rings. The first-order chi connectivity index (χ1) is 5.90. The molecule has 0 bridgehead atoms. The van der Waals surface area contributed by atoms with Gasteiger partial charge in [-0.25, -0.2) is 0 Å². The minimum atomic E-state index is -4.02. The van der Waals surface area contributed by atoms with Crippen molar-refractivity contribution in [3.63, 3.8) is 0 Å². The monoisotopic (exact) mass is 206 g/mol. The van der Waals surface area contributed by atoms with Crippen LogP contribution in [0.3, 0.4) is 0 Å². The normalized spacial score (nSPS) is 28.6. The summed E-state index contributed by atoms with van der Waals surface area (Å²) in [5.41, 5.74) is -0.762. The fraction of sp³-hybridized carbons (Fsp3) is 0.875. The van der Waals surface area contributed by atoms with Gasteiger partial charge in [-0.05, 0) is 12.8 Å². The van der Waals surface area contributed by atoms with E-state index >= 15 is 0 Å². The number of ketones is 1. The Balaban J connectivity index is 2.75. The summed E-state index contributed by atoms with van der Waals surface area (Å²) >= 11 is 0. The van der Waals surface area contributed by atoms with Crippen molar-refractivity contribution in [1.29, 1.82) is 0 Å². The van der Waals surface area contributed by atoms with Gasteiger partial charge in [-0.3, -0.25) is 9.35 Å². The molecule has 1 aliphatic rings. The second-order valence-electron chi connectivity index (χ2n) is 3.68. The summed E-state index contributed by atoms with van der Waals surface area (Å²) in [6.07, 6.45) is 2.38. The summed E-state index contributed by atoms with van der Waals surface area (Å²) in [6, 6.07) is 0. The van der Waals surface area contributed by atoms with Crippen LogP contribution in [0.5, 0.6) is 0 Å². The minimum absolute atomic E-state index is 0.0213. The van der Waals surface area contributed by atoms with Crippen molar-refractivity contribution in [1.82, 2.24) is 0 Å². The van der Waals surface area contributed by atoms with Crippen LogP contribution < -0.4 is 0 Å². The zero-order valence-corrected chi connectivity index (χ0v) is 8.43. The molecule has 1 aliphatic carbocycles. The van der Waals surface area contributed by atoms with Crippen LogP contribution in [0.25, 0.3) is 0 Å². The van der Waals surface area contributed by atoms with Gasteiger partial charge in [0.2, 0.25) is 0 Å². The quantitative estimate of drug-likeness (QED) is 0.697. The molecule has 0 amide bonds. The number of Topliss-reactive ketones (excluding diaryl/α,β-unsaturated/α-hetero) is 1. The largest absolute Gasteiger partial charge is 0.299 e. The molecule has 76 valence electrons. The van der Waals surface area contributed by atoms with Gasteiger partial charge in [0.25, 0.3) is 10.1 Å². The highest BCUT2D eigenvalue weighted by Crippen LogP contribution is 2.42. The van der Waals surface area contributed by atoms with E-state index in [2.05, 4.69) is 0 Å². The van der Waals surface area contributed by atoms with E-state index in [1.807, 2.05) is 6.92 Å². The molecule has 0 saturated heterocycles. The first-order valence-corrected chi connectivity index (χ1v) is 5.99. The fourth-order valence-corrected chi connectivity index (χ4v) is 3.05. The molecule has 4 nitrogen and oxygen atoms in total. The number of hydrogen-bond donors (Lipinski definition) is 1. The van der Waals surface area contributed by atoms with Gasteiger partial charge >= 0.3 is 0 Å². The molecule has 13 heavy (non-hydrogen) atoms. The van der Waals surface area contributed by atoms with E-state index in [1.54, 1.807) is 0 Å². The van der Waals surface area contributed by atoms with Crippen LogP contribution in [-0.2, 0) is 14.9 Å². The first kappa shape index (κ1) is 10.7. The van der Waals surface area contributed by atoms with Crippen molar-refractivity contribution in [2.45, 2.75) is 32.6 Å². The number of carbonyl (C=O) groups is 1. The van der Waals surface area contributed by atoms with Crippen molar-refractivity contribution < 1.29 is 17.8 Å². The Morgan fingerprint density at radius 1 is 1.54 bits per heavy atom. The maximum atomic E-state index is 11.2. The van der Waals surface area contributed by atoms with Gasteiger partial charge < -0.3 is 0 Å². The second kappa shape index (κ2) is 3.38. The van der Waals surface area contributed by atoms with Crippen LogP contribution in [0.2, 0.25) is 0 Å². The Morgan fingerprint density at radius 2 is 2.15 bits per heavy atom. The lowest BCUT2D eigenvalue weighted by Crippen LogP contribution is -2.45. The average molecular weight is 206 g/mol. The van der Waals surface area contributed by atoms with Crippen molar-refractivity contribution >= 4 is 15.9 Å². The van der Waals surface area contributed by atoms with Crippen LogP contribution in [0, 0.1) is 5.41 Å². The maximum absolute atomic E-state index is 11.2. The zero-order chi connectivity index (χ0) is 10.1. The molecule has 0 aromatic heterocycles. The molecule has 0 aliphatic heterocycles. The van der Waals surface area contributed by atoms with E-state index in [1.165, 1.54) is 0 Å². The molecule has 1 rings (SSSR count). The summed E-state index contributed by atoms with van der Waals surface area (Å²) < 4.78 is 30.0. The van der Waals surface area contributed by atoms with Gasteiger partial charge in [0.05, 0.1) is 5.75 Å². The lowest BCUT2D eigenvalue weighted by atomic mass is 9.66. The summed E-state index contributed by atoms with van der Waals surface area (Å²) in [4.78, 5) is 11.2. The maximum Gasteiger partial charge on any atom is 0.265 e. The lowest BCUT2D eigenvalue weighted by Gasteiger charge is -2.38. The van der Waals surface area contributed by atoms with Gasteiger partial charge in [-0.2, -0.15) is 8.42 Å². The highest BCUT2D eigenvalue weighted by molar-refractivity contribution is 7.85. The van der Waals surface area contributed by atoms with Crippen LogP contribution in [0.1, 0.15) is 32.6 Å².